The number of nitrogens with one attached hydrogen (secondary N) is 1. The zero-order valence-corrected chi connectivity index (χ0v) is 9.98. The number of para-hydroxylation sites is 2. The van der Waals surface area contributed by atoms with E-state index in [0.29, 0.717) is 5.56 Å². The highest BCUT2D eigenvalue weighted by molar-refractivity contribution is 5.64. The van der Waals surface area contributed by atoms with E-state index in [1.807, 2.05) is 6.07 Å². The fourth-order valence-electron chi connectivity index (χ4n) is 1.49. The molecule has 102 valence electrons. The van der Waals surface area contributed by atoms with Gasteiger partial charge < -0.3 is 10.1 Å². The molecule has 0 amide bonds. The number of alkyl halides is 3. The third kappa shape index (κ3) is 3.62. The molecular weight excluding hydrogens is 271 g/mol. The summed E-state index contributed by atoms with van der Waals surface area (Å²) in [6.45, 7) is 0. The summed E-state index contributed by atoms with van der Waals surface area (Å²) in [5, 5.41) is 11.4. The van der Waals surface area contributed by atoms with Crippen molar-refractivity contribution in [3.05, 3.63) is 48.2 Å². The van der Waals surface area contributed by atoms with E-state index in [-0.39, 0.29) is 17.3 Å². The molecule has 0 saturated heterocycles. The van der Waals surface area contributed by atoms with Gasteiger partial charge >= 0.3 is 6.36 Å². The average molecular weight is 279 g/mol. The Morgan fingerprint density at radius 1 is 1.20 bits per heavy atom. The second-order valence-corrected chi connectivity index (χ2v) is 3.71. The molecule has 0 aliphatic heterocycles. The Labute approximate surface area is 112 Å². The Morgan fingerprint density at radius 2 is 1.95 bits per heavy atom. The number of pyridine rings is 1. The second kappa shape index (κ2) is 5.48. The van der Waals surface area contributed by atoms with E-state index in [1.165, 1.54) is 36.5 Å². The minimum Gasteiger partial charge on any atom is -0.404 e. The normalized spacial score (nSPS) is 10.7. The molecule has 0 radical (unpaired) electrons. The van der Waals surface area contributed by atoms with Gasteiger partial charge in [-0.15, -0.1) is 13.2 Å². The van der Waals surface area contributed by atoms with Crippen molar-refractivity contribution < 1.29 is 17.9 Å². The first-order valence-corrected chi connectivity index (χ1v) is 5.46. The lowest BCUT2D eigenvalue weighted by Crippen LogP contribution is -2.17. The van der Waals surface area contributed by atoms with Crippen LogP contribution in [0.4, 0.5) is 24.7 Å². The van der Waals surface area contributed by atoms with Gasteiger partial charge in [0.05, 0.1) is 17.3 Å². The first kappa shape index (κ1) is 13.7. The number of benzene rings is 1. The van der Waals surface area contributed by atoms with Gasteiger partial charge in [0, 0.05) is 6.20 Å². The molecule has 7 heteroatoms. The third-order valence-electron chi connectivity index (χ3n) is 2.26. The van der Waals surface area contributed by atoms with Crippen LogP contribution in [0.5, 0.6) is 5.75 Å². The van der Waals surface area contributed by atoms with Crippen LogP contribution >= 0.6 is 0 Å². The topological polar surface area (TPSA) is 57.9 Å². The number of anilines is 2. The monoisotopic (exact) mass is 279 g/mol. The standard InChI is InChI=1S/C13H8F3N3O/c14-13(15,16)20-11-4-2-1-3-10(11)19-12-7-9(8-17)5-6-18-12/h1-7H,(H,18,19). The number of hydrogen-bond acceptors (Lipinski definition) is 4. The molecule has 0 bridgehead atoms. The zero-order valence-electron chi connectivity index (χ0n) is 9.98. The molecule has 4 nitrogen and oxygen atoms in total. The van der Waals surface area contributed by atoms with Gasteiger partial charge in [-0.25, -0.2) is 4.98 Å². The summed E-state index contributed by atoms with van der Waals surface area (Å²) in [6, 6.07) is 10.4. The molecule has 20 heavy (non-hydrogen) atoms. The summed E-state index contributed by atoms with van der Waals surface area (Å²) in [7, 11) is 0. The fourth-order valence-corrected chi connectivity index (χ4v) is 1.49. The molecule has 0 fully saturated rings. The molecule has 0 unspecified atom stereocenters. The first-order valence-electron chi connectivity index (χ1n) is 5.46. The second-order valence-electron chi connectivity index (χ2n) is 3.71. The van der Waals surface area contributed by atoms with Gasteiger partial charge in [-0.1, -0.05) is 12.1 Å². The summed E-state index contributed by atoms with van der Waals surface area (Å²) >= 11 is 0. The zero-order chi connectivity index (χ0) is 14.6. The van der Waals surface area contributed by atoms with Crippen molar-refractivity contribution in [1.29, 1.82) is 5.26 Å². The summed E-state index contributed by atoms with van der Waals surface area (Å²) in [5.74, 6) is -0.119. The number of aromatic nitrogens is 1. The van der Waals surface area contributed by atoms with Crippen LogP contribution in [0.15, 0.2) is 42.6 Å². The van der Waals surface area contributed by atoms with Crippen LogP contribution in [0.1, 0.15) is 5.56 Å². The van der Waals surface area contributed by atoms with E-state index in [0.717, 1.165) is 0 Å². The van der Waals surface area contributed by atoms with E-state index < -0.39 is 6.36 Å². The first-order chi connectivity index (χ1) is 9.48. The van der Waals surface area contributed by atoms with Gasteiger partial charge in [-0.2, -0.15) is 5.26 Å². The minimum atomic E-state index is -4.78. The highest BCUT2D eigenvalue weighted by Crippen LogP contribution is 2.31. The van der Waals surface area contributed by atoms with Crippen molar-refractivity contribution in [2.75, 3.05) is 5.32 Å². The van der Waals surface area contributed by atoms with Crippen molar-refractivity contribution >= 4 is 11.5 Å². The van der Waals surface area contributed by atoms with Gasteiger partial charge in [0.2, 0.25) is 0 Å². The van der Waals surface area contributed by atoms with Crippen LogP contribution in [0, 0.1) is 11.3 Å². The van der Waals surface area contributed by atoms with Crippen molar-refractivity contribution in [2.24, 2.45) is 0 Å². The molecule has 1 aromatic carbocycles. The molecule has 0 saturated carbocycles. The van der Waals surface area contributed by atoms with E-state index in [2.05, 4.69) is 15.0 Å². The van der Waals surface area contributed by atoms with Gasteiger partial charge in [0.25, 0.3) is 0 Å². The Balaban J connectivity index is 2.27. The van der Waals surface area contributed by atoms with E-state index in [9.17, 15) is 13.2 Å². The lowest BCUT2D eigenvalue weighted by atomic mass is 10.2. The van der Waals surface area contributed by atoms with Crippen molar-refractivity contribution in [3.63, 3.8) is 0 Å². The SMILES string of the molecule is N#Cc1ccnc(Nc2ccccc2OC(F)(F)F)c1. The van der Waals surface area contributed by atoms with E-state index in [1.54, 1.807) is 6.07 Å². The smallest absolute Gasteiger partial charge is 0.404 e. The molecule has 2 aromatic rings. The Bertz CT molecular complexity index is 650. The van der Waals surface area contributed by atoms with Crippen LogP contribution in [0.2, 0.25) is 0 Å². The summed E-state index contributed by atoms with van der Waals surface area (Å²) in [5.41, 5.74) is 0.448. The maximum Gasteiger partial charge on any atom is 0.573 e. The molecule has 1 heterocycles. The summed E-state index contributed by atoms with van der Waals surface area (Å²) in [6.07, 6.45) is -3.40. The summed E-state index contributed by atoms with van der Waals surface area (Å²) < 4.78 is 40.7. The Morgan fingerprint density at radius 3 is 2.65 bits per heavy atom. The maximum absolute atomic E-state index is 12.3. The van der Waals surface area contributed by atoms with Gasteiger partial charge in [-0.05, 0) is 24.3 Å². The van der Waals surface area contributed by atoms with Crippen molar-refractivity contribution in [3.8, 4) is 11.8 Å². The number of nitriles is 1. The molecule has 0 spiro atoms. The molecular formula is C13H8F3N3O. The van der Waals surface area contributed by atoms with Crippen molar-refractivity contribution in [2.45, 2.75) is 6.36 Å². The molecule has 1 aromatic heterocycles. The van der Waals surface area contributed by atoms with Gasteiger partial charge in [0.15, 0.2) is 5.75 Å². The van der Waals surface area contributed by atoms with Gasteiger partial charge in [-0.3, -0.25) is 0 Å². The average Bonchev–Trinajstić information content (AvgIpc) is 2.40. The van der Waals surface area contributed by atoms with Gasteiger partial charge in [0.1, 0.15) is 5.82 Å². The number of hydrogen-bond donors (Lipinski definition) is 1. The number of halogens is 3. The highest BCUT2D eigenvalue weighted by atomic mass is 19.4. The largest absolute Gasteiger partial charge is 0.573 e. The lowest BCUT2D eigenvalue weighted by Gasteiger charge is -2.14. The molecule has 0 aliphatic rings. The quantitative estimate of drug-likeness (QED) is 0.932. The lowest BCUT2D eigenvalue weighted by molar-refractivity contribution is -0.274. The van der Waals surface area contributed by atoms with E-state index >= 15 is 0 Å². The maximum atomic E-state index is 12.3. The molecule has 0 aliphatic carbocycles. The fraction of sp³-hybridized carbons (Fsp3) is 0.0769. The Kier molecular flexibility index (Phi) is 3.75. The summed E-state index contributed by atoms with van der Waals surface area (Å²) in [4.78, 5) is 3.92. The highest BCUT2D eigenvalue weighted by Gasteiger charge is 2.32. The number of ether oxygens (including phenoxy) is 1. The number of nitrogens with zero attached hydrogens (tertiary/aromatic N) is 2. The van der Waals surface area contributed by atoms with Crippen molar-refractivity contribution in [1.82, 2.24) is 4.98 Å². The number of rotatable bonds is 3. The predicted molar refractivity (Wildman–Crippen MR) is 65.4 cm³/mol. The van der Waals surface area contributed by atoms with Crippen LogP contribution < -0.4 is 10.1 Å². The minimum absolute atomic E-state index is 0.104. The third-order valence-corrected chi connectivity index (χ3v) is 2.26. The molecule has 0 atom stereocenters. The molecule has 1 N–H and O–H groups in total. The van der Waals surface area contributed by atoms with E-state index in [4.69, 9.17) is 5.26 Å². The van der Waals surface area contributed by atoms with Crippen LogP contribution in [0.3, 0.4) is 0 Å². The Hall–Kier alpha value is -2.75. The van der Waals surface area contributed by atoms with Crippen LogP contribution in [0.25, 0.3) is 0 Å². The van der Waals surface area contributed by atoms with Crippen LogP contribution in [-0.4, -0.2) is 11.3 Å². The predicted octanol–water partition coefficient (Wildman–Crippen LogP) is 3.60. The molecule has 2 rings (SSSR count). The van der Waals surface area contributed by atoms with Crippen LogP contribution in [-0.2, 0) is 0 Å².